The molecule has 0 aliphatic rings. The second-order valence-electron chi connectivity index (χ2n) is 3.27. The van der Waals surface area contributed by atoms with Crippen LogP contribution >= 0.6 is 0 Å². The van der Waals surface area contributed by atoms with Crippen LogP contribution in [0.5, 0.6) is 5.75 Å². The van der Waals surface area contributed by atoms with Crippen LogP contribution in [0.15, 0.2) is 18.2 Å². The van der Waals surface area contributed by atoms with E-state index in [1.165, 1.54) is 32.4 Å². The zero-order chi connectivity index (χ0) is 13.5. The molecule has 0 spiro atoms. The molecule has 98 valence electrons. The minimum atomic E-state index is -0.614. The smallest absolute Gasteiger partial charge is 0.341 e. The van der Waals surface area contributed by atoms with Crippen LogP contribution in [0.4, 0.5) is 5.69 Å². The van der Waals surface area contributed by atoms with Crippen molar-refractivity contribution in [3.8, 4) is 5.75 Å². The van der Waals surface area contributed by atoms with Crippen molar-refractivity contribution < 1.29 is 23.9 Å². The zero-order valence-electron chi connectivity index (χ0n) is 10.0. The Labute approximate surface area is 103 Å². The summed E-state index contributed by atoms with van der Waals surface area (Å²) in [7, 11) is 2.72. The average Bonchev–Trinajstić information content (AvgIpc) is 2.38. The highest BCUT2D eigenvalue weighted by Gasteiger charge is 2.17. The van der Waals surface area contributed by atoms with Crippen molar-refractivity contribution in [3.05, 3.63) is 33.9 Å². The van der Waals surface area contributed by atoms with Crippen molar-refractivity contribution in [1.29, 1.82) is 0 Å². The number of nitro benzene ring substituents is 1. The molecule has 0 radical (unpaired) electrons. The first-order valence-corrected chi connectivity index (χ1v) is 5.08. The summed E-state index contributed by atoms with van der Waals surface area (Å²) >= 11 is 0. The maximum absolute atomic E-state index is 11.4. The first-order valence-electron chi connectivity index (χ1n) is 5.08. The first kappa shape index (κ1) is 13.9. The molecule has 0 heterocycles. The normalized spacial score (nSPS) is 9.89. The lowest BCUT2D eigenvalue weighted by atomic mass is 10.2. The number of methoxy groups -OCH3 is 2. The van der Waals surface area contributed by atoms with Gasteiger partial charge in [-0.15, -0.1) is 0 Å². The third-order valence-corrected chi connectivity index (χ3v) is 2.13. The van der Waals surface area contributed by atoms with Gasteiger partial charge in [-0.1, -0.05) is 0 Å². The SMILES string of the molecule is COCCOc1cc([N+](=O)[O-])ccc1C(=O)OC. The van der Waals surface area contributed by atoms with E-state index in [1.54, 1.807) is 0 Å². The maximum atomic E-state index is 11.4. The quantitative estimate of drug-likeness (QED) is 0.330. The molecule has 1 aromatic rings. The van der Waals surface area contributed by atoms with Gasteiger partial charge in [-0.25, -0.2) is 4.79 Å². The molecular weight excluding hydrogens is 242 g/mol. The summed E-state index contributed by atoms with van der Waals surface area (Å²) in [6.07, 6.45) is 0. The van der Waals surface area contributed by atoms with Crippen LogP contribution in [-0.2, 0) is 9.47 Å². The van der Waals surface area contributed by atoms with Crippen molar-refractivity contribution >= 4 is 11.7 Å². The highest BCUT2D eigenvalue weighted by atomic mass is 16.6. The summed E-state index contributed by atoms with van der Waals surface area (Å²) in [5, 5.41) is 10.6. The van der Waals surface area contributed by atoms with Gasteiger partial charge in [0.05, 0.1) is 24.7 Å². The molecule has 0 unspecified atom stereocenters. The van der Waals surface area contributed by atoms with E-state index >= 15 is 0 Å². The number of esters is 1. The number of ether oxygens (including phenoxy) is 3. The molecule has 0 aliphatic heterocycles. The zero-order valence-corrected chi connectivity index (χ0v) is 10.0. The van der Waals surface area contributed by atoms with Gasteiger partial charge in [0.2, 0.25) is 0 Å². The Bertz CT molecular complexity index is 445. The van der Waals surface area contributed by atoms with Crippen LogP contribution in [0.1, 0.15) is 10.4 Å². The standard InChI is InChI=1S/C11H13NO6/c1-16-5-6-18-10-7-8(12(14)15)3-4-9(10)11(13)17-2/h3-4,7H,5-6H2,1-2H3. The molecule has 0 atom stereocenters. The number of nitrogens with zero attached hydrogens (tertiary/aromatic N) is 1. The van der Waals surface area contributed by atoms with E-state index in [-0.39, 0.29) is 23.6 Å². The number of non-ortho nitro benzene ring substituents is 1. The van der Waals surface area contributed by atoms with Crippen LogP contribution in [-0.4, -0.2) is 38.3 Å². The van der Waals surface area contributed by atoms with Crippen molar-refractivity contribution in [2.45, 2.75) is 0 Å². The van der Waals surface area contributed by atoms with Crippen molar-refractivity contribution in [2.75, 3.05) is 27.4 Å². The lowest BCUT2D eigenvalue weighted by Gasteiger charge is -2.09. The highest BCUT2D eigenvalue weighted by Crippen LogP contribution is 2.25. The summed E-state index contributed by atoms with van der Waals surface area (Å²) in [5.41, 5.74) is -0.0192. The molecular formula is C11H13NO6. The largest absolute Gasteiger partial charge is 0.490 e. The van der Waals surface area contributed by atoms with Gasteiger partial charge in [-0.05, 0) is 6.07 Å². The minimum Gasteiger partial charge on any atom is -0.490 e. The van der Waals surface area contributed by atoms with Gasteiger partial charge in [-0.3, -0.25) is 10.1 Å². The van der Waals surface area contributed by atoms with E-state index in [2.05, 4.69) is 4.74 Å². The predicted molar refractivity (Wildman–Crippen MR) is 61.8 cm³/mol. The molecule has 1 rings (SSSR count). The molecule has 7 heteroatoms. The second kappa shape index (κ2) is 6.55. The van der Waals surface area contributed by atoms with Crippen molar-refractivity contribution in [2.24, 2.45) is 0 Å². The molecule has 0 amide bonds. The third kappa shape index (κ3) is 3.42. The molecule has 0 saturated heterocycles. The van der Waals surface area contributed by atoms with Gasteiger partial charge in [0.15, 0.2) is 0 Å². The van der Waals surface area contributed by atoms with E-state index in [4.69, 9.17) is 9.47 Å². The summed E-state index contributed by atoms with van der Waals surface area (Å²) < 4.78 is 14.6. The van der Waals surface area contributed by atoms with Crippen LogP contribution < -0.4 is 4.74 Å². The molecule has 0 bridgehead atoms. The van der Waals surface area contributed by atoms with E-state index < -0.39 is 10.9 Å². The molecule has 0 aromatic heterocycles. The van der Waals surface area contributed by atoms with Gasteiger partial charge in [-0.2, -0.15) is 0 Å². The number of rotatable bonds is 6. The molecule has 7 nitrogen and oxygen atoms in total. The Morgan fingerprint density at radius 1 is 1.33 bits per heavy atom. The first-order chi connectivity index (χ1) is 8.60. The topological polar surface area (TPSA) is 87.9 Å². The van der Waals surface area contributed by atoms with Gasteiger partial charge in [0.1, 0.15) is 17.9 Å². The Kier molecular flexibility index (Phi) is 5.06. The Balaban J connectivity index is 3.01. The number of carbonyl (C=O) groups excluding carboxylic acids is 1. The van der Waals surface area contributed by atoms with Crippen LogP contribution in [0.25, 0.3) is 0 Å². The molecule has 18 heavy (non-hydrogen) atoms. The van der Waals surface area contributed by atoms with Gasteiger partial charge < -0.3 is 14.2 Å². The Morgan fingerprint density at radius 3 is 2.61 bits per heavy atom. The van der Waals surface area contributed by atoms with Crippen molar-refractivity contribution in [3.63, 3.8) is 0 Å². The molecule has 0 aliphatic carbocycles. The Hall–Kier alpha value is -2.15. The summed E-state index contributed by atoms with van der Waals surface area (Å²) in [4.78, 5) is 21.5. The average molecular weight is 255 g/mol. The van der Waals surface area contributed by atoms with E-state index in [0.29, 0.717) is 6.61 Å². The number of hydrogen-bond acceptors (Lipinski definition) is 6. The lowest BCUT2D eigenvalue weighted by molar-refractivity contribution is -0.384. The van der Waals surface area contributed by atoms with Crippen molar-refractivity contribution in [1.82, 2.24) is 0 Å². The summed E-state index contributed by atoms with van der Waals surface area (Å²) in [5.74, 6) is -0.509. The van der Waals surface area contributed by atoms with Gasteiger partial charge in [0.25, 0.3) is 5.69 Å². The monoisotopic (exact) mass is 255 g/mol. The lowest BCUT2D eigenvalue weighted by Crippen LogP contribution is -2.10. The summed E-state index contributed by atoms with van der Waals surface area (Å²) in [6.45, 7) is 0.491. The fraction of sp³-hybridized carbons (Fsp3) is 0.364. The van der Waals surface area contributed by atoms with Gasteiger partial charge in [0, 0.05) is 13.2 Å². The van der Waals surface area contributed by atoms with Crippen LogP contribution in [0.3, 0.4) is 0 Å². The van der Waals surface area contributed by atoms with Crippen LogP contribution in [0.2, 0.25) is 0 Å². The third-order valence-electron chi connectivity index (χ3n) is 2.13. The Morgan fingerprint density at radius 2 is 2.06 bits per heavy atom. The van der Waals surface area contributed by atoms with E-state index in [0.717, 1.165) is 0 Å². The minimum absolute atomic E-state index is 0.105. The molecule has 1 aromatic carbocycles. The number of hydrogen-bond donors (Lipinski definition) is 0. The molecule has 0 saturated carbocycles. The van der Waals surface area contributed by atoms with Gasteiger partial charge >= 0.3 is 5.97 Å². The second-order valence-corrected chi connectivity index (χ2v) is 3.27. The van der Waals surface area contributed by atoms with Crippen LogP contribution in [0, 0.1) is 10.1 Å². The number of carbonyl (C=O) groups is 1. The summed E-state index contributed by atoms with van der Waals surface area (Å²) in [6, 6.07) is 3.70. The fourth-order valence-electron chi connectivity index (χ4n) is 1.26. The number of benzene rings is 1. The van der Waals surface area contributed by atoms with E-state index in [9.17, 15) is 14.9 Å². The van der Waals surface area contributed by atoms with E-state index in [1.807, 2.05) is 0 Å². The molecule has 0 fully saturated rings. The highest BCUT2D eigenvalue weighted by molar-refractivity contribution is 5.92. The maximum Gasteiger partial charge on any atom is 0.341 e. The molecule has 0 N–H and O–H groups in total. The predicted octanol–water partition coefficient (Wildman–Crippen LogP) is 1.41. The number of nitro groups is 1. The fourth-order valence-corrected chi connectivity index (χ4v) is 1.26.